The Morgan fingerprint density at radius 3 is 2.65 bits per heavy atom. The first kappa shape index (κ1) is 10.8. The number of hydrogen-bond acceptors (Lipinski definition) is 1. The van der Waals surface area contributed by atoms with Gasteiger partial charge in [-0.25, -0.2) is 0 Å². The molecule has 90 valence electrons. The van der Waals surface area contributed by atoms with Gasteiger partial charge < -0.3 is 5.11 Å². The summed E-state index contributed by atoms with van der Waals surface area (Å²) >= 11 is 0. The highest BCUT2D eigenvalue weighted by Gasteiger charge is 2.48. The second-order valence-electron chi connectivity index (χ2n) is 5.62. The first-order chi connectivity index (χ1) is 8.12. The Balaban J connectivity index is 2.04. The molecule has 0 bridgehead atoms. The molecule has 1 N–H and O–H groups in total. The molecule has 0 amide bonds. The van der Waals surface area contributed by atoms with E-state index in [2.05, 4.69) is 12.1 Å². The molecule has 0 heterocycles. The Morgan fingerprint density at radius 1 is 1.29 bits per heavy atom. The van der Waals surface area contributed by atoms with Crippen LogP contribution in [-0.2, 0) is 23.1 Å². The summed E-state index contributed by atoms with van der Waals surface area (Å²) in [5.74, 6) is -0.336. The Labute approximate surface area is 102 Å². The van der Waals surface area contributed by atoms with Crippen molar-refractivity contribution in [2.45, 2.75) is 44.4 Å². The minimum atomic E-state index is -0.669. The second kappa shape index (κ2) is 3.59. The summed E-state index contributed by atoms with van der Waals surface area (Å²) in [6.07, 6.45) is 5.60. The van der Waals surface area contributed by atoms with Crippen LogP contribution in [0.3, 0.4) is 0 Å². The van der Waals surface area contributed by atoms with Crippen LogP contribution in [0.25, 0.3) is 0 Å². The fourth-order valence-corrected chi connectivity index (χ4v) is 3.09. The van der Waals surface area contributed by atoms with Gasteiger partial charge in [0.1, 0.15) is 0 Å². The lowest BCUT2D eigenvalue weighted by Crippen LogP contribution is -2.34. The maximum absolute atomic E-state index is 11.6. The molecule has 3 rings (SSSR count). The standard InChI is InChI=1S/C15H18O2/c1-15(14(16)17,12-7-8-12)13-6-5-10-3-2-4-11(10)9-13/h5-6,9,12H,2-4,7-8H2,1H3,(H,16,17). The van der Waals surface area contributed by atoms with E-state index in [0.717, 1.165) is 31.2 Å². The Morgan fingerprint density at radius 2 is 2.00 bits per heavy atom. The molecule has 1 unspecified atom stereocenters. The third-order valence-electron chi connectivity index (χ3n) is 4.54. The molecular formula is C15H18O2. The third-order valence-corrected chi connectivity index (χ3v) is 4.54. The first-order valence-electron chi connectivity index (χ1n) is 6.48. The minimum absolute atomic E-state index is 0.333. The monoisotopic (exact) mass is 230 g/mol. The molecule has 0 saturated heterocycles. The molecule has 2 heteroatoms. The van der Waals surface area contributed by atoms with Crippen LogP contribution in [0.2, 0.25) is 0 Å². The zero-order chi connectivity index (χ0) is 12.0. The van der Waals surface area contributed by atoms with Gasteiger partial charge in [-0.1, -0.05) is 18.2 Å². The van der Waals surface area contributed by atoms with Crippen molar-refractivity contribution in [3.63, 3.8) is 0 Å². The zero-order valence-corrected chi connectivity index (χ0v) is 10.2. The summed E-state index contributed by atoms with van der Waals surface area (Å²) in [4.78, 5) is 11.6. The van der Waals surface area contributed by atoms with E-state index in [0.29, 0.717) is 5.92 Å². The van der Waals surface area contributed by atoms with Crippen LogP contribution in [0.15, 0.2) is 18.2 Å². The minimum Gasteiger partial charge on any atom is -0.481 e. The Hall–Kier alpha value is -1.31. The van der Waals surface area contributed by atoms with E-state index < -0.39 is 11.4 Å². The smallest absolute Gasteiger partial charge is 0.314 e. The van der Waals surface area contributed by atoms with Gasteiger partial charge in [0.05, 0.1) is 5.41 Å². The molecule has 2 aliphatic rings. The molecule has 17 heavy (non-hydrogen) atoms. The van der Waals surface area contributed by atoms with Gasteiger partial charge in [-0.2, -0.15) is 0 Å². The van der Waals surface area contributed by atoms with Gasteiger partial charge in [-0.15, -0.1) is 0 Å². The number of aliphatic carboxylic acids is 1. The number of carboxylic acid groups (broad SMARTS) is 1. The summed E-state index contributed by atoms with van der Waals surface area (Å²) in [6, 6.07) is 6.33. The first-order valence-corrected chi connectivity index (χ1v) is 6.48. The molecule has 0 spiro atoms. The Kier molecular flexibility index (Phi) is 2.29. The topological polar surface area (TPSA) is 37.3 Å². The van der Waals surface area contributed by atoms with Crippen molar-refractivity contribution < 1.29 is 9.90 Å². The van der Waals surface area contributed by atoms with Crippen LogP contribution >= 0.6 is 0 Å². The number of rotatable bonds is 3. The lowest BCUT2D eigenvalue weighted by molar-refractivity contribution is -0.144. The van der Waals surface area contributed by atoms with Crippen molar-refractivity contribution in [1.82, 2.24) is 0 Å². The number of hydrogen-bond donors (Lipinski definition) is 1. The van der Waals surface area contributed by atoms with Crippen molar-refractivity contribution in [1.29, 1.82) is 0 Å². The lowest BCUT2D eigenvalue weighted by atomic mass is 9.77. The van der Waals surface area contributed by atoms with E-state index >= 15 is 0 Å². The largest absolute Gasteiger partial charge is 0.481 e. The normalized spacial score (nSPS) is 21.9. The van der Waals surface area contributed by atoms with E-state index in [1.165, 1.54) is 17.5 Å². The van der Waals surface area contributed by atoms with Gasteiger partial charge in [0, 0.05) is 0 Å². The maximum Gasteiger partial charge on any atom is 0.314 e. The molecule has 1 aromatic rings. The quantitative estimate of drug-likeness (QED) is 0.866. The average Bonchev–Trinajstić information content (AvgIpc) is 3.06. The van der Waals surface area contributed by atoms with Crippen molar-refractivity contribution in [2.75, 3.05) is 0 Å². The van der Waals surface area contributed by atoms with Gasteiger partial charge >= 0.3 is 5.97 Å². The number of carbonyl (C=O) groups is 1. The summed E-state index contributed by atoms with van der Waals surface area (Å²) in [7, 11) is 0. The predicted molar refractivity (Wildman–Crippen MR) is 66.2 cm³/mol. The lowest BCUT2D eigenvalue weighted by Gasteiger charge is -2.25. The van der Waals surface area contributed by atoms with Crippen molar-refractivity contribution in [2.24, 2.45) is 5.92 Å². The molecule has 0 radical (unpaired) electrons. The van der Waals surface area contributed by atoms with Crippen LogP contribution < -0.4 is 0 Å². The highest BCUT2D eigenvalue weighted by molar-refractivity contribution is 5.82. The molecular weight excluding hydrogens is 212 g/mol. The van der Waals surface area contributed by atoms with Crippen LogP contribution in [0.5, 0.6) is 0 Å². The number of benzene rings is 1. The van der Waals surface area contributed by atoms with Crippen LogP contribution in [0.1, 0.15) is 42.9 Å². The molecule has 1 saturated carbocycles. The van der Waals surface area contributed by atoms with Gasteiger partial charge in [-0.05, 0) is 61.6 Å². The molecule has 2 aliphatic carbocycles. The van der Waals surface area contributed by atoms with E-state index in [4.69, 9.17) is 0 Å². The fraction of sp³-hybridized carbons (Fsp3) is 0.533. The SMILES string of the molecule is CC(C(=O)O)(c1ccc2c(c1)CCC2)C1CC1. The van der Waals surface area contributed by atoms with Crippen molar-refractivity contribution in [3.8, 4) is 0 Å². The van der Waals surface area contributed by atoms with Gasteiger partial charge in [0.2, 0.25) is 0 Å². The predicted octanol–water partition coefficient (Wildman–Crippen LogP) is 2.93. The maximum atomic E-state index is 11.6. The molecule has 2 nitrogen and oxygen atoms in total. The fourth-order valence-electron chi connectivity index (χ4n) is 3.09. The molecule has 0 aromatic heterocycles. The second-order valence-corrected chi connectivity index (χ2v) is 5.62. The number of fused-ring (bicyclic) bond motifs is 1. The highest BCUT2D eigenvalue weighted by Crippen LogP contribution is 2.48. The number of aryl methyl sites for hydroxylation is 2. The highest BCUT2D eigenvalue weighted by atomic mass is 16.4. The zero-order valence-electron chi connectivity index (χ0n) is 10.2. The summed E-state index contributed by atoms with van der Waals surface area (Å²) in [5, 5.41) is 9.54. The third kappa shape index (κ3) is 1.58. The van der Waals surface area contributed by atoms with E-state index in [-0.39, 0.29) is 0 Å². The molecule has 1 atom stereocenters. The van der Waals surface area contributed by atoms with Gasteiger partial charge in [-0.3, -0.25) is 4.79 Å². The van der Waals surface area contributed by atoms with E-state index in [9.17, 15) is 9.90 Å². The van der Waals surface area contributed by atoms with Crippen molar-refractivity contribution in [3.05, 3.63) is 34.9 Å². The molecule has 0 aliphatic heterocycles. The van der Waals surface area contributed by atoms with Crippen LogP contribution in [-0.4, -0.2) is 11.1 Å². The van der Waals surface area contributed by atoms with E-state index in [1.54, 1.807) is 0 Å². The van der Waals surface area contributed by atoms with E-state index in [1.807, 2.05) is 13.0 Å². The molecule has 1 aromatic carbocycles. The van der Waals surface area contributed by atoms with Gasteiger partial charge in [0.15, 0.2) is 0 Å². The summed E-state index contributed by atoms with van der Waals surface area (Å²) in [5.41, 5.74) is 3.12. The van der Waals surface area contributed by atoms with Crippen LogP contribution in [0.4, 0.5) is 0 Å². The Bertz CT molecular complexity index is 474. The average molecular weight is 230 g/mol. The summed E-state index contributed by atoms with van der Waals surface area (Å²) in [6.45, 7) is 1.89. The summed E-state index contributed by atoms with van der Waals surface area (Å²) < 4.78 is 0. The van der Waals surface area contributed by atoms with Crippen LogP contribution in [0, 0.1) is 5.92 Å². The number of carboxylic acids is 1. The molecule has 1 fully saturated rings. The van der Waals surface area contributed by atoms with Gasteiger partial charge in [0.25, 0.3) is 0 Å². The van der Waals surface area contributed by atoms with Crippen molar-refractivity contribution >= 4 is 5.97 Å².